The molecule has 0 aliphatic rings. The van der Waals surface area contributed by atoms with Crippen LogP contribution in [0.2, 0.25) is 0 Å². The molecule has 0 saturated heterocycles. The smallest absolute Gasteiger partial charge is 0.160 e. The quantitative estimate of drug-likeness (QED) is 0.432. The van der Waals surface area contributed by atoms with Gasteiger partial charge in [0.1, 0.15) is 0 Å². The molecule has 0 saturated carbocycles. The van der Waals surface area contributed by atoms with Crippen LogP contribution in [-0.2, 0) is 4.79 Å². The van der Waals surface area contributed by atoms with Gasteiger partial charge in [-0.1, -0.05) is 6.58 Å². The fourth-order valence-electron chi connectivity index (χ4n) is 0.673. The van der Waals surface area contributed by atoms with Crippen molar-refractivity contribution >= 4 is 5.78 Å². The molecule has 64 valence electrons. The van der Waals surface area contributed by atoms with Gasteiger partial charge in [0.25, 0.3) is 0 Å². The Bertz CT molecular complexity index is 150. The van der Waals surface area contributed by atoms with Crippen molar-refractivity contribution in [2.75, 3.05) is 27.2 Å². The van der Waals surface area contributed by atoms with E-state index in [0.29, 0.717) is 6.42 Å². The molecule has 0 atom stereocenters. The molecule has 0 aromatic heterocycles. The zero-order valence-corrected chi connectivity index (χ0v) is 7.76. The molecule has 0 radical (unpaired) electrons. The third-order valence-corrected chi connectivity index (χ3v) is 2.05. The van der Waals surface area contributed by atoms with Gasteiger partial charge in [0.15, 0.2) is 5.78 Å². The minimum Gasteiger partial charge on any atom is -0.328 e. The standard InChI is InChI=1S/C9H18NO/c1-5-9(11)7-8-10(3,4)6-2/h5H,1,6-8H2,2-4H3/q+1. The highest BCUT2D eigenvalue weighted by Gasteiger charge is 2.12. The molecule has 2 nitrogen and oxygen atoms in total. The summed E-state index contributed by atoms with van der Waals surface area (Å²) in [6, 6.07) is 0. The number of hydrogen-bond donors (Lipinski definition) is 0. The SMILES string of the molecule is C=CC(=O)CC[N+](C)(C)CC. The van der Waals surface area contributed by atoms with Crippen molar-refractivity contribution in [1.82, 2.24) is 0 Å². The fourth-order valence-corrected chi connectivity index (χ4v) is 0.673. The van der Waals surface area contributed by atoms with E-state index in [1.165, 1.54) is 6.08 Å². The van der Waals surface area contributed by atoms with Gasteiger partial charge in [-0.05, 0) is 13.0 Å². The second-order valence-corrected chi connectivity index (χ2v) is 3.40. The van der Waals surface area contributed by atoms with Crippen molar-refractivity contribution in [3.8, 4) is 0 Å². The Kier molecular flexibility index (Phi) is 4.04. The molecule has 0 aromatic rings. The molecular weight excluding hydrogens is 138 g/mol. The van der Waals surface area contributed by atoms with Crippen LogP contribution in [0, 0.1) is 0 Å². The topological polar surface area (TPSA) is 17.1 Å². The first-order valence-corrected chi connectivity index (χ1v) is 3.99. The molecule has 0 amide bonds. The molecular formula is C9H18NO+. The second kappa shape index (κ2) is 4.29. The minimum atomic E-state index is 0.143. The third kappa shape index (κ3) is 4.73. The van der Waals surface area contributed by atoms with E-state index >= 15 is 0 Å². The number of carbonyl (C=O) groups is 1. The van der Waals surface area contributed by atoms with Gasteiger partial charge in [-0.2, -0.15) is 0 Å². The van der Waals surface area contributed by atoms with Crippen LogP contribution in [0.25, 0.3) is 0 Å². The van der Waals surface area contributed by atoms with Crippen molar-refractivity contribution in [1.29, 1.82) is 0 Å². The van der Waals surface area contributed by atoms with Gasteiger partial charge in [0, 0.05) is 0 Å². The molecule has 0 heterocycles. The van der Waals surface area contributed by atoms with Crippen LogP contribution in [0.4, 0.5) is 0 Å². The molecule has 0 aliphatic heterocycles. The second-order valence-electron chi connectivity index (χ2n) is 3.40. The maximum atomic E-state index is 10.8. The number of hydrogen-bond acceptors (Lipinski definition) is 1. The summed E-state index contributed by atoms with van der Waals surface area (Å²) in [6.07, 6.45) is 2.01. The van der Waals surface area contributed by atoms with Crippen LogP contribution in [-0.4, -0.2) is 37.5 Å². The van der Waals surface area contributed by atoms with Crippen molar-refractivity contribution < 1.29 is 9.28 Å². The summed E-state index contributed by atoms with van der Waals surface area (Å²) in [5, 5.41) is 0. The zero-order valence-electron chi connectivity index (χ0n) is 7.76. The minimum absolute atomic E-state index is 0.143. The van der Waals surface area contributed by atoms with Gasteiger partial charge in [0.05, 0.1) is 33.6 Å². The Hall–Kier alpha value is -0.630. The first kappa shape index (κ1) is 10.4. The Morgan fingerprint density at radius 1 is 1.55 bits per heavy atom. The van der Waals surface area contributed by atoms with Gasteiger partial charge in [-0.3, -0.25) is 4.79 Å². The first-order valence-electron chi connectivity index (χ1n) is 3.99. The summed E-state index contributed by atoms with van der Waals surface area (Å²) >= 11 is 0. The molecule has 0 unspecified atom stereocenters. The molecule has 0 aromatic carbocycles. The van der Waals surface area contributed by atoms with Crippen LogP contribution >= 0.6 is 0 Å². The lowest BCUT2D eigenvalue weighted by atomic mass is 10.2. The van der Waals surface area contributed by atoms with Crippen molar-refractivity contribution in [2.24, 2.45) is 0 Å². The monoisotopic (exact) mass is 156 g/mol. The summed E-state index contributed by atoms with van der Waals surface area (Å²) in [7, 11) is 4.24. The molecule has 0 fully saturated rings. The van der Waals surface area contributed by atoms with Crippen LogP contribution < -0.4 is 0 Å². The van der Waals surface area contributed by atoms with Crippen LogP contribution in [0.3, 0.4) is 0 Å². The van der Waals surface area contributed by atoms with Crippen LogP contribution in [0.5, 0.6) is 0 Å². The number of nitrogens with zero attached hydrogens (tertiary/aromatic N) is 1. The van der Waals surface area contributed by atoms with E-state index < -0.39 is 0 Å². The van der Waals surface area contributed by atoms with Gasteiger partial charge < -0.3 is 4.48 Å². The largest absolute Gasteiger partial charge is 0.328 e. The number of carbonyl (C=O) groups excluding carboxylic acids is 1. The van der Waals surface area contributed by atoms with Gasteiger partial charge in [-0.25, -0.2) is 0 Å². The van der Waals surface area contributed by atoms with Crippen LogP contribution in [0.15, 0.2) is 12.7 Å². The average molecular weight is 156 g/mol. The van der Waals surface area contributed by atoms with E-state index in [-0.39, 0.29) is 5.78 Å². The number of allylic oxidation sites excluding steroid dienone is 1. The van der Waals surface area contributed by atoms with Crippen LogP contribution in [0.1, 0.15) is 13.3 Å². The number of ketones is 1. The maximum Gasteiger partial charge on any atom is 0.160 e. The van der Waals surface area contributed by atoms with Gasteiger partial charge in [0.2, 0.25) is 0 Å². The Morgan fingerprint density at radius 2 is 2.09 bits per heavy atom. The molecule has 0 aliphatic carbocycles. The first-order chi connectivity index (χ1) is 5.02. The van der Waals surface area contributed by atoms with E-state index in [0.717, 1.165) is 17.6 Å². The summed E-state index contributed by atoms with van der Waals surface area (Å²) in [6.45, 7) is 7.52. The molecule has 0 N–H and O–H groups in total. The third-order valence-electron chi connectivity index (χ3n) is 2.05. The van der Waals surface area contributed by atoms with E-state index in [9.17, 15) is 4.79 Å². The average Bonchev–Trinajstić information content (AvgIpc) is 2.00. The van der Waals surface area contributed by atoms with Gasteiger partial charge in [-0.15, -0.1) is 0 Å². The van der Waals surface area contributed by atoms with Crippen molar-refractivity contribution in [2.45, 2.75) is 13.3 Å². The number of quaternary nitrogens is 1. The molecule has 11 heavy (non-hydrogen) atoms. The molecule has 0 bridgehead atoms. The normalized spacial score (nSPS) is 11.2. The summed E-state index contributed by atoms with van der Waals surface area (Å²) in [5.41, 5.74) is 0. The van der Waals surface area contributed by atoms with E-state index in [1.807, 2.05) is 0 Å². The highest BCUT2D eigenvalue weighted by Crippen LogP contribution is 1.98. The lowest BCUT2D eigenvalue weighted by Crippen LogP contribution is -2.40. The fraction of sp³-hybridized carbons (Fsp3) is 0.667. The van der Waals surface area contributed by atoms with E-state index in [2.05, 4.69) is 27.6 Å². The maximum absolute atomic E-state index is 10.8. The van der Waals surface area contributed by atoms with Gasteiger partial charge >= 0.3 is 0 Å². The van der Waals surface area contributed by atoms with Crippen molar-refractivity contribution in [3.63, 3.8) is 0 Å². The Morgan fingerprint density at radius 3 is 2.45 bits per heavy atom. The molecule has 2 heteroatoms. The zero-order chi connectivity index (χ0) is 8.91. The Balaban J connectivity index is 3.69. The predicted molar refractivity (Wildman–Crippen MR) is 47.3 cm³/mol. The summed E-state index contributed by atoms with van der Waals surface area (Å²) in [5.74, 6) is 0.143. The molecule has 0 rings (SSSR count). The summed E-state index contributed by atoms with van der Waals surface area (Å²) in [4.78, 5) is 10.8. The van der Waals surface area contributed by atoms with E-state index in [1.54, 1.807) is 0 Å². The summed E-state index contributed by atoms with van der Waals surface area (Å²) < 4.78 is 0.902. The molecule has 0 spiro atoms. The van der Waals surface area contributed by atoms with Crippen molar-refractivity contribution in [3.05, 3.63) is 12.7 Å². The Labute approximate surface area is 69.1 Å². The lowest BCUT2D eigenvalue weighted by Gasteiger charge is -2.27. The highest BCUT2D eigenvalue weighted by atomic mass is 16.1. The lowest BCUT2D eigenvalue weighted by molar-refractivity contribution is -0.887. The number of rotatable bonds is 5. The predicted octanol–water partition coefficient (Wildman–Crippen LogP) is 1.23. The highest BCUT2D eigenvalue weighted by molar-refractivity contribution is 5.89. The van der Waals surface area contributed by atoms with E-state index in [4.69, 9.17) is 0 Å².